The van der Waals surface area contributed by atoms with E-state index >= 15 is 0 Å². The molecule has 0 spiro atoms. The van der Waals surface area contributed by atoms with Crippen molar-refractivity contribution in [3.05, 3.63) is 68.3 Å². The molecule has 1 aromatic carbocycles. The van der Waals surface area contributed by atoms with Crippen LogP contribution in [0.3, 0.4) is 0 Å². The van der Waals surface area contributed by atoms with E-state index in [1.165, 1.54) is 11.6 Å². The van der Waals surface area contributed by atoms with Gasteiger partial charge in [0.2, 0.25) is 5.71 Å². The molecule has 1 aliphatic rings. The van der Waals surface area contributed by atoms with Crippen LogP contribution in [-0.2, 0) is 6.42 Å². The molecule has 7 nitrogen and oxygen atoms in total. The largest absolute Gasteiger partial charge is 0.403 e. The molecule has 1 atom stereocenters. The van der Waals surface area contributed by atoms with Gasteiger partial charge in [-0.1, -0.05) is 48.8 Å². The monoisotopic (exact) mass is 407 g/mol. The molecule has 0 aliphatic heterocycles. The summed E-state index contributed by atoms with van der Waals surface area (Å²) < 4.78 is 5.16. The van der Waals surface area contributed by atoms with Crippen LogP contribution in [0.2, 0.25) is 0 Å². The van der Waals surface area contributed by atoms with Crippen LogP contribution in [-0.4, -0.2) is 15.7 Å². The van der Waals surface area contributed by atoms with Gasteiger partial charge in [-0.15, -0.1) is 0 Å². The SMILES string of the molecule is CCCCc1cc(=O)oc2nc(O/N=C3/CCCC(c4ccccc4)C3)[nH]c(=O)c12. The third-order valence-electron chi connectivity index (χ3n) is 5.51. The summed E-state index contributed by atoms with van der Waals surface area (Å²) in [5.41, 5.74) is 1.93. The first kappa shape index (κ1) is 20.1. The first-order valence-electron chi connectivity index (χ1n) is 10.5. The van der Waals surface area contributed by atoms with Crippen molar-refractivity contribution in [1.82, 2.24) is 9.97 Å². The number of aromatic nitrogens is 2. The average molecular weight is 407 g/mol. The number of hydrogen-bond acceptors (Lipinski definition) is 6. The van der Waals surface area contributed by atoms with Gasteiger partial charge in [0.25, 0.3) is 5.56 Å². The number of aromatic amines is 1. The quantitative estimate of drug-likeness (QED) is 0.614. The molecule has 1 saturated carbocycles. The predicted molar refractivity (Wildman–Crippen MR) is 115 cm³/mol. The predicted octanol–water partition coefficient (Wildman–Crippen LogP) is 4.31. The van der Waals surface area contributed by atoms with Gasteiger partial charge < -0.3 is 9.25 Å². The molecule has 0 bridgehead atoms. The number of hydrogen-bond donors (Lipinski definition) is 1. The molecule has 156 valence electrons. The molecule has 1 aliphatic carbocycles. The van der Waals surface area contributed by atoms with E-state index in [9.17, 15) is 9.59 Å². The summed E-state index contributed by atoms with van der Waals surface area (Å²) in [5.74, 6) is 0.407. The van der Waals surface area contributed by atoms with Crippen molar-refractivity contribution in [3.8, 4) is 6.01 Å². The van der Waals surface area contributed by atoms with Crippen molar-refractivity contribution < 1.29 is 9.25 Å². The third-order valence-corrected chi connectivity index (χ3v) is 5.51. The summed E-state index contributed by atoms with van der Waals surface area (Å²) in [4.78, 5) is 36.7. The summed E-state index contributed by atoms with van der Waals surface area (Å²) in [6.45, 7) is 2.05. The molecule has 1 N–H and O–H groups in total. The molecule has 1 unspecified atom stereocenters. The molecule has 1 fully saturated rings. The normalized spacial score (nSPS) is 18.0. The van der Waals surface area contributed by atoms with Crippen LogP contribution in [0.25, 0.3) is 11.1 Å². The first-order valence-corrected chi connectivity index (χ1v) is 10.5. The zero-order valence-corrected chi connectivity index (χ0v) is 17.0. The Morgan fingerprint density at radius 1 is 1.27 bits per heavy atom. The van der Waals surface area contributed by atoms with E-state index in [1.807, 2.05) is 18.2 Å². The van der Waals surface area contributed by atoms with Crippen molar-refractivity contribution in [2.24, 2.45) is 5.16 Å². The van der Waals surface area contributed by atoms with Gasteiger partial charge in [0.15, 0.2) is 0 Å². The summed E-state index contributed by atoms with van der Waals surface area (Å²) in [6.07, 6.45) is 6.23. The van der Waals surface area contributed by atoms with Crippen molar-refractivity contribution in [2.75, 3.05) is 0 Å². The number of aryl methyl sites for hydroxylation is 1. The van der Waals surface area contributed by atoms with E-state index in [2.05, 4.69) is 34.2 Å². The minimum absolute atomic E-state index is 0.0154. The van der Waals surface area contributed by atoms with Crippen molar-refractivity contribution >= 4 is 16.8 Å². The van der Waals surface area contributed by atoms with Crippen LogP contribution in [0.5, 0.6) is 6.01 Å². The van der Waals surface area contributed by atoms with Gasteiger partial charge in [-0.3, -0.25) is 9.78 Å². The Morgan fingerprint density at radius 2 is 2.10 bits per heavy atom. The van der Waals surface area contributed by atoms with Gasteiger partial charge in [-0.05, 0) is 55.6 Å². The highest BCUT2D eigenvalue weighted by Gasteiger charge is 2.20. The highest BCUT2D eigenvalue weighted by molar-refractivity contribution is 5.85. The highest BCUT2D eigenvalue weighted by Crippen LogP contribution is 2.31. The molecule has 4 rings (SSSR count). The molecule has 0 saturated heterocycles. The maximum Gasteiger partial charge on any atom is 0.337 e. The van der Waals surface area contributed by atoms with Crippen LogP contribution in [0.4, 0.5) is 0 Å². The van der Waals surface area contributed by atoms with Gasteiger partial charge in [0.05, 0.1) is 5.71 Å². The summed E-state index contributed by atoms with van der Waals surface area (Å²) in [6, 6.07) is 11.7. The number of oxime groups is 1. The van der Waals surface area contributed by atoms with E-state index in [-0.39, 0.29) is 11.7 Å². The number of benzene rings is 1. The summed E-state index contributed by atoms with van der Waals surface area (Å²) in [7, 11) is 0. The lowest BCUT2D eigenvalue weighted by Gasteiger charge is -2.23. The molecule has 2 aromatic heterocycles. The van der Waals surface area contributed by atoms with Crippen molar-refractivity contribution in [2.45, 2.75) is 57.8 Å². The Hall–Kier alpha value is -3.22. The summed E-state index contributed by atoms with van der Waals surface area (Å²) >= 11 is 0. The van der Waals surface area contributed by atoms with Gasteiger partial charge in [-0.2, -0.15) is 4.98 Å². The van der Waals surface area contributed by atoms with Gasteiger partial charge >= 0.3 is 11.6 Å². The van der Waals surface area contributed by atoms with E-state index in [1.54, 1.807) is 0 Å². The fourth-order valence-corrected chi connectivity index (χ4v) is 3.98. The molecule has 7 heteroatoms. The third kappa shape index (κ3) is 4.50. The molecule has 0 amide bonds. The standard InChI is InChI=1S/C23H25N3O4/c1-2-3-8-17-14-19(27)29-22-20(17)21(28)24-23(25-22)30-26-18-12-7-11-16(13-18)15-9-5-4-6-10-15/h4-6,9-10,14,16H,2-3,7-8,11-13H2,1H3,(H,24,25,28)/b26-18-. The fraction of sp³-hybridized carbons (Fsp3) is 0.391. The van der Waals surface area contributed by atoms with E-state index < -0.39 is 11.2 Å². The summed E-state index contributed by atoms with van der Waals surface area (Å²) in [5, 5.41) is 4.53. The number of rotatable bonds is 6. The molecular formula is C23H25N3O4. The Labute approximate surface area is 173 Å². The number of unbranched alkanes of at least 4 members (excludes halogenated alkanes) is 1. The lowest BCUT2D eigenvalue weighted by Crippen LogP contribution is -2.17. The van der Waals surface area contributed by atoms with E-state index in [4.69, 9.17) is 9.25 Å². The Balaban J connectivity index is 1.57. The maximum absolute atomic E-state index is 12.6. The molecule has 30 heavy (non-hydrogen) atoms. The Kier molecular flexibility index (Phi) is 6.07. The number of nitrogens with one attached hydrogen (secondary N) is 1. The fourth-order valence-electron chi connectivity index (χ4n) is 3.98. The second kappa shape index (κ2) is 9.07. The molecule has 3 aromatic rings. The number of H-pyrrole nitrogens is 1. The molecular weight excluding hydrogens is 382 g/mol. The Morgan fingerprint density at radius 3 is 2.90 bits per heavy atom. The van der Waals surface area contributed by atoms with Crippen molar-refractivity contribution in [1.29, 1.82) is 0 Å². The van der Waals surface area contributed by atoms with Gasteiger partial charge in [0.1, 0.15) is 5.39 Å². The van der Waals surface area contributed by atoms with Gasteiger partial charge in [-0.25, -0.2) is 4.79 Å². The number of fused-ring (bicyclic) bond motifs is 1. The van der Waals surface area contributed by atoms with Crippen LogP contribution in [0.15, 0.2) is 55.6 Å². The highest BCUT2D eigenvalue weighted by atomic mass is 16.6. The second-order valence-electron chi connectivity index (χ2n) is 7.70. The Bertz CT molecular complexity index is 1160. The topological polar surface area (TPSA) is 97.5 Å². The first-order chi connectivity index (χ1) is 14.6. The van der Waals surface area contributed by atoms with Crippen LogP contribution in [0.1, 0.15) is 62.5 Å². The lowest BCUT2D eigenvalue weighted by molar-refractivity contribution is 0.306. The maximum atomic E-state index is 12.6. The minimum Gasteiger partial charge on any atom is -0.403 e. The van der Waals surface area contributed by atoms with Crippen molar-refractivity contribution in [3.63, 3.8) is 0 Å². The van der Waals surface area contributed by atoms with E-state index in [0.717, 1.165) is 44.2 Å². The van der Waals surface area contributed by atoms with E-state index in [0.29, 0.717) is 23.3 Å². The van der Waals surface area contributed by atoms with Gasteiger partial charge in [0, 0.05) is 6.07 Å². The molecule has 2 heterocycles. The zero-order valence-electron chi connectivity index (χ0n) is 17.0. The smallest absolute Gasteiger partial charge is 0.337 e. The van der Waals surface area contributed by atoms with Crippen LogP contribution < -0.4 is 16.0 Å². The van der Waals surface area contributed by atoms with Crippen LogP contribution >= 0.6 is 0 Å². The second-order valence-corrected chi connectivity index (χ2v) is 7.70. The average Bonchev–Trinajstić information content (AvgIpc) is 2.76. The zero-order chi connectivity index (χ0) is 20.9. The molecule has 0 radical (unpaired) electrons. The lowest BCUT2D eigenvalue weighted by atomic mass is 9.83. The minimum atomic E-state index is -0.526. The van der Waals surface area contributed by atoms with Crippen LogP contribution in [0, 0.1) is 0 Å². The number of nitrogens with zero attached hydrogens (tertiary/aromatic N) is 2.